The van der Waals surface area contributed by atoms with Crippen LogP contribution in [0.4, 0.5) is 0 Å². The van der Waals surface area contributed by atoms with Crippen LogP contribution in [-0.2, 0) is 49.4 Å². The Bertz CT molecular complexity index is 1380. The molecule has 4 N–H and O–H groups in total. The number of nitrogens with one attached hydrogen (secondary N) is 2. The van der Waals surface area contributed by atoms with E-state index in [0.717, 1.165) is 21.7 Å². The summed E-state index contributed by atoms with van der Waals surface area (Å²) in [6.45, 7) is 9.98. The number of aryl methyl sites for hydroxylation is 1. The molecule has 15 nitrogen and oxygen atoms in total. The van der Waals surface area contributed by atoms with Gasteiger partial charge < -0.3 is 49.4 Å². The highest BCUT2D eigenvalue weighted by Gasteiger charge is 2.44. The molecule has 2 heterocycles. The third-order valence-corrected chi connectivity index (χ3v) is 8.87. The molecule has 1 aromatic carbocycles. The Labute approximate surface area is 302 Å². The van der Waals surface area contributed by atoms with Gasteiger partial charge in [0.1, 0.15) is 18.7 Å². The largest absolute Gasteiger partial charge is 0.481 e. The van der Waals surface area contributed by atoms with Crippen molar-refractivity contribution >= 4 is 35.0 Å². The lowest BCUT2D eigenvalue weighted by Crippen LogP contribution is -2.58. The maximum atomic E-state index is 13.8. The lowest BCUT2D eigenvalue weighted by molar-refractivity contribution is -0.144. The molecule has 3 amide bonds. The fourth-order valence-electron chi connectivity index (χ4n) is 5.19. The second-order valence-electron chi connectivity index (χ2n) is 13.1. The number of carboxylic acid groups (broad SMARTS) is 1. The lowest BCUT2D eigenvalue weighted by Gasteiger charge is -2.35. The van der Waals surface area contributed by atoms with Crippen molar-refractivity contribution in [1.82, 2.24) is 20.5 Å². The van der Waals surface area contributed by atoms with Crippen LogP contribution >= 0.6 is 11.3 Å². The summed E-state index contributed by atoms with van der Waals surface area (Å²) in [6.07, 6.45) is -0.809. The summed E-state index contributed by atoms with van der Waals surface area (Å²) in [4.78, 5) is 57.0. The maximum absolute atomic E-state index is 13.8. The van der Waals surface area contributed by atoms with Gasteiger partial charge in [0, 0.05) is 19.5 Å². The number of β-amino-alcohol motifs (C(OH)–C–C–N with tert-alkyl or cyclic N) is 1. The number of aliphatic hydroxyl groups is 1. The van der Waals surface area contributed by atoms with E-state index in [9.17, 15) is 24.3 Å². The lowest BCUT2D eigenvalue weighted by atomic mass is 9.85. The minimum Gasteiger partial charge on any atom is -0.481 e. The fourth-order valence-corrected chi connectivity index (χ4v) is 6.00. The van der Waals surface area contributed by atoms with Gasteiger partial charge in [0.15, 0.2) is 0 Å². The average Bonchev–Trinajstić information content (AvgIpc) is 3.70. The van der Waals surface area contributed by atoms with Crippen molar-refractivity contribution in [1.29, 1.82) is 0 Å². The minimum atomic E-state index is -0.959. The molecule has 0 bridgehead atoms. The van der Waals surface area contributed by atoms with Gasteiger partial charge >= 0.3 is 5.97 Å². The van der Waals surface area contributed by atoms with Gasteiger partial charge in [0.05, 0.1) is 88.1 Å². The first-order chi connectivity index (χ1) is 24.4. The number of carbonyl (C=O) groups is 4. The Morgan fingerprint density at radius 1 is 0.922 bits per heavy atom. The van der Waals surface area contributed by atoms with Crippen LogP contribution in [0.25, 0.3) is 10.4 Å². The Kier molecular flexibility index (Phi) is 17.9. The van der Waals surface area contributed by atoms with Crippen molar-refractivity contribution in [2.24, 2.45) is 5.41 Å². The molecule has 0 unspecified atom stereocenters. The second-order valence-corrected chi connectivity index (χ2v) is 13.9. The summed E-state index contributed by atoms with van der Waals surface area (Å²) < 4.78 is 26.7. The van der Waals surface area contributed by atoms with E-state index in [2.05, 4.69) is 15.6 Å². The first-order valence-electron chi connectivity index (χ1n) is 17.0. The van der Waals surface area contributed by atoms with Gasteiger partial charge in [-0.25, -0.2) is 4.98 Å². The SMILES string of the molecule is Cc1ncsc1-c1ccc(CNC(=O)[C@@H]2C[C@@H](O)CN2C(=O)[C@@H](NC(=O)COCCOCCOCCOCCOCCC(=O)O)C(C)(C)C)cc1. The number of aliphatic carboxylic acids is 1. The number of amides is 3. The summed E-state index contributed by atoms with van der Waals surface area (Å²) in [5, 5.41) is 24.6. The first kappa shape index (κ1) is 41.9. The van der Waals surface area contributed by atoms with E-state index in [0.29, 0.717) is 39.6 Å². The number of carbonyl (C=O) groups excluding carboxylic acids is 3. The van der Waals surface area contributed by atoms with Crippen LogP contribution in [0.3, 0.4) is 0 Å². The molecule has 3 rings (SSSR count). The summed E-state index contributed by atoms with van der Waals surface area (Å²) in [5.41, 5.74) is 4.01. The van der Waals surface area contributed by atoms with Crippen molar-refractivity contribution < 1.29 is 53.1 Å². The van der Waals surface area contributed by atoms with Crippen molar-refractivity contribution in [3.8, 4) is 10.4 Å². The van der Waals surface area contributed by atoms with Crippen molar-refractivity contribution in [3.05, 3.63) is 41.0 Å². The van der Waals surface area contributed by atoms with E-state index in [4.69, 9.17) is 28.8 Å². The number of nitrogens with zero attached hydrogens (tertiary/aromatic N) is 2. The second kappa shape index (κ2) is 21.8. The Morgan fingerprint density at radius 3 is 2.02 bits per heavy atom. The number of likely N-dealkylation sites (tertiary alicyclic amines) is 1. The van der Waals surface area contributed by atoms with E-state index in [-0.39, 0.29) is 58.3 Å². The first-order valence-corrected chi connectivity index (χ1v) is 17.9. The van der Waals surface area contributed by atoms with E-state index in [1.54, 1.807) is 16.8 Å². The average molecular weight is 737 g/mol. The number of hydrogen-bond acceptors (Lipinski definition) is 12. The predicted octanol–water partition coefficient (Wildman–Crippen LogP) is 1.79. The van der Waals surface area contributed by atoms with Gasteiger partial charge in [-0.15, -0.1) is 11.3 Å². The summed E-state index contributed by atoms with van der Waals surface area (Å²) in [7, 11) is 0. The van der Waals surface area contributed by atoms with Crippen LogP contribution < -0.4 is 10.6 Å². The van der Waals surface area contributed by atoms with E-state index >= 15 is 0 Å². The number of aliphatic hydroxyl groups excluding tert-OH is 1. The molecule has 0 spiro atoms. The molecule has 0 radical (unpaired) electrons. The Balaban J connectivity index is 1.34. The third kappa shape index (κ3) is 14.9. The molecule has 1 aliphatic rings. The molecule has 0 aliphatic carbocycles. The van der Waals surface area contributed by atoms with Crippen molar-refractivity contribution in [2.45, 2.75) is 65.3 Å². The Hall–Kier alpha value is -3.51. The normalized spacial score (nSPS) is 16.6. The summed E-state index contributed by atoms with van der Waals surface area (Å²) >= 11 is 1.57. The molecule has 51 heavy (non-hydrogen) atoms. The molecule has 16 heteroatoms. The topological polar surface area (TPSA) is 195 Å². The fraction of sp³-hybridized carbons (Fsp3) is 0.629. The van der Waals surface area contributed by atoms with Crippen molar-refractivity contribution in [2.75, 3.05) is 72.6 Å². The van der Waals surface area contributed by atoms with Crippen LogP contribution in [0.2, 0.25) is 0 Å². The Morgan fingerprint density at radius 2 is 1.49 bits per heavy atom. The number of thiazole rings is 1. The molecule has 1 aliphatic heterocycles. The van der Waals surface area contributed by atoms with Gasteiger partial charge in [-0.1, -0.05) is 45.0 Å². The van der Waals surface area contributed by atoms with Gasteiger partial charge in [0.25, 0.3) is 0 Å². The number of aromatic nitrogens is 1. The van der Waals surface area contributed by atoms with Gasteiger partial charge in [-0.05, 0) is 23.5 Å². The molecule has 1 saturated heterocycles. The van der Waals surface area contributed by atoms with Crippen molar-refractivity contribution in [3.63, 3.8) is 0 Å². The monoisotopic (exact) mass is 736 g/mol. The zero-order valence-electron chi connectivity index (χ0n) is 29.9. The molecule has 1 fully saturated rings. The highest BCUT2D eigenvalue weighted by Crippen LogP contribution is 2.28. The van der Waals surface area contributed by atoms with E-state index in [1.165, 1.54) is 4.90 Å². The molecule has 1 aromatic heterocycles. The van der Waals surface area contributed by atoms with Gasteiger partial charge in [-0.3, -0.25) is 19.2 Å². The summed E-state index contributed by atoms with van der Waals surface area (Å²) in [5.74, 6) is -2.22. The molecular weight excluding hydrogens is 684 g/mol. The molecular formula is C35H52N4O11S. The van der Waals surface area contributed by atoms with Crippen LogP contribution in [0, 0.1) is 12.3 Å². The highest BCUT2D eigenvalue weighted by molar-refractivity contribution is 7.13. The number of benzene rings is 1. The smallest absolute Gasteiger partial charge is 0.305 e. The molecule has 0 saturated carbocycles. The van der Waals surface area contributed by atoms with Crippen LogP contribution in [-0.4, -0.2) is 135 Å². The summed E-state index contributed by atoms with van der Waals surface area (Å²) in [6, 6.07) is 5.99. The van der Waals surface area contributed by atoms with E-state index in [1.807, 2.05) is 52.0 Å². The quantitative estimate of drug-likeness (QED) is 0.121. The van der Waals surface area contributed by atoms with Gasteiger partial charge in [-0.2, -0.15) is 0 Å². The number of ether oxygens (including phenoxy) is 5. The number of hydrogen-bond donors (Lipinski definition) is 4. The number of rotatable bonds is 23. The highest BCUT2D eigenvalue weighted by atomic mass is 32.1. The van der Waals surface area contributed by atoms with Crippen LogP contribution in [0.1, 0.15) is 44.9 Å². The third-order valence-electron chi connectivity index (χ3n) is 7.89. The molecule has 284 valence electrons. The molecule has 2 aromatic rings. The zero-order chi connectivity index (χ0) is 37.2. The van der Waals surface area contributed by atoms with Gasteiger partial charge in [0.2, 0.25) is 17.7 Å². The standard InChI is InChI=1S/C35H52N4O11S/c1-24-31(51-23-37-24)26-7-5-25(6-8-26)20-36-33(44)28-19-27(40)21-39(28)34(45)32(35(2,3)4)38-29(41)22-50-18-17-49-16-15-48-14-13-47-12-11-46-10-9-30(42)43/h5-8,23,27-28,32,40H,9-22H2,1-4H3,(H,36,44)(H,38,41)(H,42,43)/t27-,28+,32-/m1/s1. The van der Waals surface area contributed by atoms with E-state index < -0.39 is 41.4 Å². The van der Waals surface area contributed by atoms with Crippen LogP contribution in [0.5, 0.6) is 0 Å². The maximum Gasteiger partial charge on any atom is 0.305 e. The van der Waals surface area contributed by atoms with Crippen LogP contribution in [0.15, 0.2) is 29.8 Å². The molecule has 3 atom stereocenters. The minimum absolute atomic E-state index is 0.0159. The number of carboxylic acids is 1. The predicted molar refractivity (Wildman–Crippen MR) is 188 cm³/mol. The zero-order valence-corrected chi connectivity index (χ0v) is 30.7.